The molecule has 11 heteroatoms. The number of aromatic nitrogens is 3. The van der Waals surface area contributed by atoms with Crippen LogP contribution in [0.4, 0.5) is 24.7 Å². The van der Waals surface area contributed by atoms with Crippen molar-refractivity contribution in [3.05, 3.63) is 52.3 Å². The number of morpholine rings is 1. The van der Waals surface area contributed by atoms with Crippen LogP contribution in [0.5, 0.6) is 0 Å². The Balaban J connectivity index is 1.42. The van der Waals surface area contributed by atoms with Crippen LogP contribution >= 0.6 is 0 Å². The molecule has 0 bridgehead atoms. The summed E-state index contributed by atoms with van der Waals surface area (Å²) in [7, 11) is 0. The Morgan fingerprint density at radius 3 is 2.66 bits per heavy atom. The number of imidazole rings is 1. The number of benzene rings is 1. The summed E-state index contributed by atoms with van der Waals surface area (Å²) in [6.45, 7) is 8.79. The second-order valence-corrected chi connectivity index (χ2v) is 11.0. The number of hydrogen-bond acceptors (Lipinski definition) is 7. The number of alkyl halides is 3. The minimum Gasteiger partial charge on any atom is -0.396 e. The maximum Gasteiger partial charge on any atom is 0.416 e. The standard InChI is InChI=1S/C27H34F3N7O/c1-18-19(4-2-5-20(18)27(28,29)30)12-23-22(14-35-7-3-6-26(17-35)15-32-16-26)33-25-21(31)13-24(34-37(23)25)36-8-10-38-11-9-36/h2,4-5,13,32H,3,6-12,14-17,31H2,1H3. The van der Waals surface area contributed by atoms with E-state index in [0.717, 1.165) is 55.9 Å². The molecule has 0 unspecified atom stereocenters. The van der Waals surface area contributed by atoms with Crippen LogP contribution in [0.2, 0.25) is 0 Å². The Kier molecular flexibility index (Phi) is 6.48. The van der Waals surface area contributed by atoms with E-state index in [-0.39, 0.29) is 12.0 Å². The summed E-state index contributed by atoms with van der Waals surface area (Å²) in [5, 5.41) is 8.33. The second-order valence-electron chi connectivity index (χ2n) is 11.0. The van der Waals surface area contributed by atoms with Gasteiger partial charge in [0.1, 0.15) is 0 Å². The molecule has 3 N–H and O–H groups in total. The van der Waals surface area contributed by atoms with Crippen LogP contribution in [0.3, 0.4) is 0 Å². The Hall–Kier alpha value is -2.89. The number of nitrogens with two attached hydrogens (primary N) is 1. The molecule has 1 aromatic carbocycles. The molecule has 3 saturated heterocycles. The molecule has 204 valence electrons. The lowest BCUT2D eigenvalue weighted by atomic mass is 9.75. The van der Waals surface area contributed by atoms with Crippen LogP contribution in [0.15, 0.2) is 24.3 Å². The number of nitrogen functional groups attached to an aromatic ring is 1. The predicted octanol–water partition coefficient (Wildman–Crippen LogP) is 3.25. The number of fused-ring (bicyclic) bond motifs is 1. The zero-order chi connectivity index (χ0) is 26.5. The van der Waals surface area contributed by atoms with Crippen molar-refractivity contribution in [1.82, 2.24) is 24.8 Å². The number of piperidine rings is 1. The van der Waals surface area contributed by atoms with Crippen molar-refractivity contribution in [1.29, 1.82) is 0 Å². The topological polar surface area (TPSA) is 84.0 Å². The number of ether oxygens (including phenoxy) is 1. The highest BCUT2D eigenvalue weighted by Crippen LogP contribution is 2.36. The SMILES string of the molecule is Cc1c(Cc2c(CN3CCCC4(CNC4)C3)nc3c(N)cc(N4CCOCC4)nn23)cccc1C(F)(F)F. The minimum atomic E-state index is -4.41. The van der Waals surface area contributed by atoms with Gasteiger partial charge in [-0.3, -0.25) is 4.90 Å². The van der Waals surface area contributed by atoms with Gasteiger partial charge in [0.25, 0.3) is 0 Å². The summed E-state index contributed by atoms with van der Waals surface area (Å²) < 4.78 is 48.4. The molecule has 0 radical (unpaired) electrons. The molecule has 0 saturated carbocycles. The summed E-state index contributed by atoms with van der Waals surface area (Å²) in [5.41, 5.74) is 9.72. The summed E-state index contributed by atoms with van der Waals surface area (Å²) in [6.07, 6.45) is -1.78. The third-order valence-corrected chi connectivity index (χ3v) is 8.33. The number of rotatable bonds is 5. The first-order valence-corrected chi connectivity index (χ1v) is 13.3. The number of nitrogens with zero attached hydrogens (tertiary/aromatic N) is 5. The molecule has 0 amide bonds. The molecule has 2 aromatic heterocycles. The van der Waals surface area contributed by atoms with Gasteiger partial charge in [-0.05, 0) is 43.5 Å². The monoisotopic (exact) mass is 529 g/mol. The third-order valence-electron chi connectivity index (χ3n) is 8.33. The van der Waals surface area contributed by atoms with E-state index < -0.39 is 11.7 Å². The molecule has 0 atom stereocenters. The zero-order valence-corrected chi connectivity index (χ0v) is 21.7. The number of halogens is 3. The molecule has 3 fully saturated rings. The lowest BCUT2D eigenvalue weighted by molar-refractivity contribution is -0.138. The van der Waals surface area contributed by atoms with Crippen LogP contribution in [0.1, 0.15) is 40.9 Å². The minimum absolute atomic E-state index is 0.232. The van der Waals surface area contributed by atoms with Crippen LogP contribution in [-0.4, -0.2) is 72.0 Å². The van der Waals surface area contributed by atoms with Gasteiger partial charge >= 0.3 is 6.18 Å². The van der Waals surface area contributed by atoms with Crippen molar-refractivity contribution in [3.8, 4) is 0 Å². The van der Waals surface area contributed by atoms with E-state index in [1.54, 1.807) is 17.5 Å². The average molecular weight is 530 g/mol. The maximum atomic E-state index is 13.7. The van der Waals surface area contributed by atoms with E-state index in [4.69, 9.17) is 20.6 Å². The molecule has 38 heavy (non-hydrogen) atoms. The summed E-state index contributed by atoms with van der Waals surface area (Å²) >= 11 is 0. The van der Waals surface area contributed by atoms with Gasteiger partial charge in [0.2, 0.25) is 0 Å². The fourth-order valence-electron chi connectivity index (χ4n) is 6.16. The number of hydrogen-bond donors (Lipinski definition) is 2. The van der Waals surface area contributed by atoms with Gasteiger partial charge in [-0.2, -0.15) is 13.2 Å². The summed E-state index contributed by atoms with van der Waals surface area (Å²) in [6, 6.07) is 6.22. The molecule has 6 rings (SSSR count). The van der Waals surface area contributed by atoms with Crippen LogP contribution in [0, 0.1) is 12.3 Å². The zero-order valence-electron chi connectivity index (χ0n) is 21.7. The fraction of sp³-hybridized carbons (Fsp3) is 0.556. The van der Waals surface area contributed by atoms with Gasteiger partial charge in [0.05, 0.1) is 35.9 Å². The Bertz CT molecular complexity index is 1330. The van der Waals surface area contributed by atoms with Crippen molar-refractivity contribution >= 4 is 17.2 Å². The normalized spacial score (nSPS) is 20.3. The number of nitrogens with one attached hydrogen (secondary N) is 1. The number of anilines is 2. The third kappa shape index (κ3) is 4.71. The van der Waals surface area contributed by atoms with E-state index in [0.29, 0.717) is 55.2 Å². The molecular weight excluding hydrogens is 495 g/mol. The van der Waals surface area contributed by atoms with E-state index in [2.05, 4.69) is 15.1 Å². The fourth-order valence-corrected chi connectivity index (χ4v) is 6.16. The average Bonchev–Trinajstić information content (AvgIpc) is 3.21. The van der Waals surface area contributed by atoms with Gasteiger partial charge in [-0.1, -0.05) is 12.1 Å². The molecule has 3 aromatic rings. The van der Waals surface area contributed by atoms with Crippen LogP contribution in [-0.2, 0) is 23.9 Å². The van der Waals surface area contributed by atoms with Gasteiger partial charge in [0.15, 0.2) is 11.5 Å². The van der Waals surface area contributed by atoms with Crippen molar-refractivity contribution in [3.63, 3.8) is 0 Å². The van der Waals surface area contributed by atoms with E-state index in [1.165, 1.54) is 12.5 Å². The van der Waals surface area contributed by atoms with Crippen molar-refractivity contribution in [2.24, 2.45) is 5.41 Å². The second kappa shape index (κ2) is 9.69. The van der Waals surface area contributed by atoms with Crippen molar-refractivity contribution < 1.29 is 17.9 Å². The summed E-state index contributed by atoms with van der Waals surface area (Å²) in [5.74, 6) is 0.724. The van der Waals surface area contributed by atoms with Gasteiger partial charge in [-0.15, -0.1) is 5.10 Å². The van der Waals surface area contributed by atoms with E-state index in [1.807, 2.05) is 6.07 Å². The Morgan fingerprint density at radius 1 is 1.16 bits per heavy atom. The first-order valence-electron chi connectivity index (χ1n) is 13.3. The van der Waals surface area contributed by atoms with Crippen molar-refractivity contribution in [2.75, 3.05) is 63.1 Å². The molecule has 0 aliphatic carbocycles. The van der Waals surface area contributed by atoms with Gasteiger partial charge in [-0.25, -0.2) is 9.50 Å². The largest absolute Gasteiger partial charge is 0.416 e. The van der Waals surface area contributed by atoms with Crippen molar-refractivity contribution in [2.45, 2.75) is 38.9 Å². The molecule has 3 aliphatic heterocycles. The van der Waals surface area contributed by atoms with E-state index in [9.17, 15) is 13.2 Å². The first kappa shape index (κ1) is 25.4. The Labute approximate surface area is 219 Å². The smallest absolute Gasteiger partial charge is 0.396 e. The quantitative estimate of drug-likeness (QED) is 0.525. The molecule has 8 nitrogen and oxygen atoms in total. The Morgan fingerprint density at radius 2 is 1.95 bits per heavy atom. The highest BCUT2D eigenvalue weighted by molar-refractivity contribution is 5.69. The predicted molar refractivity (Wildman–Crippen MR) is 139 cm³/mol. The molecule has 3 aliphatic rings. The lowest BCUT2D eigenvalue weighted by Gasteiger charge is -2.49. The molecule has 5 heterocycles. The van der Waals surface area contributed by atoms with Crippen LogP contribution in [0.25, 0.3) is 5.65 Å². The lowest BCUT2D eigenvalue weighted by Crippen LogP contribution is -2.60. The first-order chi connectivity index (χ1) is 18.2. The highest BCUT2D eigenvalue weighted by Gasteiger charge is 2.41. The van der Waals surface area contributed by atoms with Crippen LogP contribution < -0.4 is 16.0 Å². The summed E-state index contributed by atoms with van der Waals surface area (Å²) in [4.78, 5) is 9.48. The van der Waals surface area contributed by atoms with Gasteiger partial charge < -0.3 is 20.7 Å². The van der Waals surface area contributed by atoms with E-state index >= 15 is 0 Å². The maximum absolute atomic E-state index is 13.7. The van der Waals surface area contributed by atoms with Gasteiger partial charge in [0, 0.05) is 57.2 Å². The molecule has 1 spiro atoms. The molecular formula is C27H34F3N7O. The highest BCUT2D eigenvalue weighted by atomic mass is 19.4. The number of likely N-dealkylation sites (tertiary alicyclic amines) is 1.